The quantitative estimate of drug-likeness (QED) is 0.663. The predicted molar refractivity (Wildman–Crippen MR) is 116 cm³/mol. The van der Waals surface area contributed by atoms with E-state index >= 15 is 0 Å². The minimum Gasteiger partial charge on any atom is -0.295 e. The molecule has 8 heteroatoms. The summed E-state index contributed by atoms with van der Waals surface area (Å²) in [4.78, 5) is 12.3. The number of rotatable bonds is 4. The summed E-state index contributed by atoms with van der Waals surface area (Å²) in [6.45, 7) is 0. The van der Waals surface area contributed by atoms with Crippen molar-refractivity contribution in [2.24, 2.45) is 14.1 Å². The molecule has 0 bridgehead atoms. The molecule has 1 fully saturated rings. The number of nitrogens with one attached hydrogen (secondary N) is 1. The lowest BCUT2D eigenvalue weighted by atomic mass is 9.84. The van der Waals surface area contributed by atoms with Crippen LogP contribution in [0.1, 0.15) is 43.6 Å². The van der Waals surface area contributed by atoms with Crippen molar-refractivity contribution in [3.05, 3.63) is 57.5 Å². The number of hydrogen-bond donors (Lipinski definition) is 1. The molecular formula is C21H24ClN3O3S. The SMILES string of the molecule is Cn1c(=O)n(C)c2cc(NS(=O)(=O)c3ccc(C4CCCCC4)cc3)c(Cl)cc21. The Kier molecular flexibility index (Phi) is 5.21. The number of anilines is 1. The second kappa shape index (κ2) is 7.54. The Hall–Kier alpha value is -2.25. The second-order valence-electron chi connectivity index (χ2n) is 7.73. The lowest BCUT2D eigenvalue weighted by Gasteiger charge is -2.22. The number of sulfonamides is 1. The molecule has 1 N–H and O–H groups in total. The Balaban J connectivity index is 1.64. The van der Waals surface area contributed by atoms with E-state index in [-0.39, 0.29) is 21.3 Å². The fourth-order valence-corrected chi connectivity index (χ4v) is 5.49. The van der Waals surface area contributed by atoms with E-state index in [4.69, 9.17) is 11.6 Å². The summed E-state index contributed by atoms with van der Waals surface area (Å²) in [6.07, 6.45) is 6.07. The number of halogens is 1. The summed E-state index contributed by atoms with van der Waals surface area (Å²) in [5, 5.41) is 0.237. The first-order valence-corrected chi connectivity index (χ1v) is 11.6. The van der Waals surface area contributed by atoms with E-state index in [9.17, 15) is 13.2 Å². The molecule has 0 saturated heterocycles. The topological polar surface area (TPSA) is 73.1 Å². The van der Waals surface area contributed by atoms with Crippen molar-refractivity contribution in [1.29, 1.82) is 0 Å². The number of hydrogen-bond acceptors (Lipinski definition) is 3. The molecular weight excluding hydrogens is 410 g/mol. The molecule has 0 amide bonds. The smallest absolute Gasteiger partial charge is 0.295 e. The summed E-state index contributed by atoms with van der Waals surface area (Å²) in [7, 11) is -0.506. The lowest BCUT2D eigenvalue weighted by Crippen LogP contribution is -2.19. The van der Waals surface area contributed by atoms with Crippen LogP contribution in [-0.4, -0.2) is 17.6 Å². The standard InChI is InChI=1S/C21H24ClN3O3S/c1-24-19-12-17(22)18(13-20(19)25(2)21(24)26)23-29(27,28)16-10-8-15(9-11-16)14-6-4-3-5-7-14/h8-14,23H,3-7H2,1-2H3. The molecule has 1 aliphatic carbocycles. The molecule has 3 aromatic rings. The third kappa shape index (κ3) is 3.69. The molecule has 6 nitrogen and oxygen atoms in total. The molecule has 4 rings (SSSR count). The van der Waals surface area contributed by atoms with E-state index in [1.54, 1.807) is 38.4 Å². The molecule has 2 aromatic carbocycles. The van der Waals surface area contributed by atoms with Crippen LogP contribution >= 0.6 is 11.6 Å². The number of aryl methyl sites for hydroxylation is 2. The molecule has 1 aromatic heterocycles. The van der Waals surface area contributed by atoms with Crippen molar-refractivity contribution in [1.82, 2.24) is 9.13 Å². The van der Waals surface area contributed by atoms with Crippen LogP contribution < -0.4 is 10.4 Å². The number of aromatic nitrogens is 2. The maximum atomic E-state index is 12.9. The zero-order valence-electron chi connectivity index (χ0n) is 16.5. The van der Waals surface area contributed by atoms with Crippen LogP contribution in [0.3, 0.4) is 0 Å². The number of nitrogens with zero attached hydrogens (tertiary/aromatic N) is 2. The molecule has 1 aliphatic rings. The largest absolute Gasteiger partial charge is 0.328 e. The van der Waals surface area contributed by atoms with E-state index in [2.05, 4.69) is 4.72 Å². The Labute approximate surface area is 175 Å². The van der Waals surface area contributed by atoms with Gasteiger partial charge in [0, 0.05) is 14.1 Å². The molecule has 0 radical (unpaired) electrons. The van der Waals surface area contributed by atoms with Crippen LogP contribution in [0.4, 0.5) is 5.69 Å². The van der Waals surface area contributed by atoms with Gasteiger partial charge in [-0.1, -0.05) is 43.0 Å². The van der Waals surface area contributed by atoms with Gasteiger partial charge in [-0.05, 0) is 48.6 Å². The normalized spacial score (nSPS) is 15.7. The van der Waals surface area contributed by atoms with Crippen molar-refractivity contribution in [2.75, 3.05) is 4.72 Å². The summed E-state index contributed by atoms with van der Waals surface area (Å²) in [5.74, 6) is 0.518. The summed E-state index contributed by atoms with van der Waals surface area (Å²) < 4.78 is 31.3. The van der Waals surface area contributed by atoms with Gasteiger partial charge in [0.15, 0.2) is 0 Å². The molecule has 0 atom stereocenters. The van der Waals surface area contributed by atoms with Crippen LogP contribution in [0.25, 0.3) is 11.0 Å². The molecule has 29 heavy (non-hydrogen) atoms. The Morgan fingerprint density at radius 3 is 2.17 bits per heavy atom. The average Bonchev–Trinajstić information content (AvgIpc) is 2.93. The fraction of sp³-hybridized carbons (Fsp3) is 0.381. The summed E-state index contributed by atoms with van der Waals surface area (Å²) >= 11 is 6.31. The van der Waals surface area contributed by atoms with E-state index in [0.29, 0.717) is 17.0 Å². The molecule has 1 saturated carbocycles. The van der Waals surface area contributed by atoms with E-state index < -0.39 is 10.0 Å². The molecule has 0 spiro atoms. The van der Waals surface area contributed by atoms with Gasteiger partial charge in [0.1, 0.15) is 0 Å². The Morgan fingerprint density at radius 2 is 1.55 bits per heavy atom. The van der Waals surface area contributed by atoms with Crippen LogP contribution in [-0.2, 0) is 24.1 Å². The molecule has 0 unspecified atom stereocenters. The van der Waals surface area contributed by atoms with Gasteiger partial charge in [0.05, 0.1) is 26.6 Å². The van der Waals surface area contributed by atoms with Gasteiger partial charge in [-0.2, -0.15) is 0 Å². The van der Waals surface area contributed by atoms with Crippen LogP contribution in [0.2, 0.25) is 5.02 Å². The minimum atomic E-state index is -3.80. The monoisotopic (exact) mass is 433 g/mol. The van der Waals surface area contributed by atoms with Crippen LogP contribution in [0.5, 0.6) is 0 Å². The molecule has 1 heterocycles. The predicted octanol–water partition coefficient (Wildman–Crippen LogP) is 4.38. The van der Waals surface area contributed by atoms with E-state index in [1.165, 1.54) is 34.0 Å². The van der Waals surface area contributed by atoms with Crippen LogP contribution in [0.15, 0.2) is 46.1 Å². The van der Waals surface area contributed by atoms with Gasteiger partial charge in [0.2, 0.25) is 0 Å². The van der Waals surface area contributed by atoms with Gasteiger partial charge in [-0.15, -0.1) is 0 Å². The first kappa shape index (κ1) is 20.0. The first-order chi connectivity index (χ1) is 13.8. The van der Waals surface area contributed by atoms with E-state index in [0.717, 1.165) is 12.8 Å². The lowest BCUT2D eigenvalue weighted by molar-refractivity contribution is 0.443. The maximum Gasteiger partial charge on any atom is 0.328 e. The third-order valence-corrected chi connectivity index (χ3v) is 7.57. The van der Waals surface area contributed by atoms with Gasteiger partial charge in [-0.25, -0.2) is 13.2 Å². The highest BCUT2D eigenvalue weighted by atomic mass is 35.5. The van der Waals surface area contributed by atoms with Crippen molar-refractivity contribution in [2.45, 2.75) is 42.9 Å². The number of imidazole rings is 1. The van der Waals surface area contributed by atoms with Gasteiger partial charge in [-0.3, -0.25) is 13.9 Å². The highest BCUT2D eigenvalue weighted by Crippen LogP contribution is 2.33. The van der Waals surface area contributed by atoms with Crippen molar-refractivity contribution < 1.29 is 8.42 Å². The summed E-state index contributed by atoms with van der Waals surface area (Å²) in [5.41, 5.74) is 2.49. The number of benzene rings is 2. The summed E-state index contributed by atoms with van der Waals surface area (Å²) in [6, 6.07) is 10.3. The molecule has 0 aliphatic heterocycles. The molecule has 154 valence electrons. The van der Waals surface area contributed by atoms with E-state index in [1.807, 2.05) is 12.1 Å². The Bertz CT molecular complexity index is 1220. The number of fused-ring (bicyclic) bond motifs is 1. The second-order valence-corrected chi connectivity index (χ2v) is 9.82. The zero-order valence-corrected chi connectivity index (χ0v) is 18.1. The zero-order chi connectivity index (χ0) is 20.8. The van der Waals surface area contributed by atoms with Crippen molar-refractivity contribution in [3.63, 3.8) is 0 Å². The van der Waals surface area contributed by atoms with Gasteiger partial charge in [0.25, 0.3) is 10.0 Å². The highest BCUT2D eigenvalue weighted by Gasteiger charge is 2.20. The average molecular weight is 434 g/mol. The van der Waals surface area contributed by atoms with Crippen LogP contribution in [0, 0.1) is 0 Å². The third-order valence-electron chi connectivity index (χ3n) is 5.87. The Morgan fingerprint density at radius 1 is 0.966 bits per heavy atom. The van der Waals surface area contributed by atoms with Gasteiger partial charge < -0.3 is 0 Å². The fourth-order valence-electron chi connectivity index (χ4n) is 4.16. The highest BCUT2D eigenvalue weighted by molar-refractivity contribution is 7.92. The first-order valence-electron chi connectivity index (χ1n) is 9.75. The van der Waals surface area contributed by atoms with Gasteiger partial charge >= 0.3 is 5.69 Å². The van der Waals surface area contributed by atoms with Crippen molar-refractivity contribution in [3.8, 4) is 0 Å². The maximum absolute atomic E-state index is 12.9. The minimum absolute atomic E-state index is 0.190. The van der Waals surface area contributed by atoms with Crippen molar-refractivity contribution >= 4 is 38.3 Å².